The van der Waals surface area contributed by atoms with Crippen LogP contribution in [0.2, 0.25) is 0 Å². The van der Waals surface area contributed by atoms with E-state index in [1.54, 1.807) is 7.11 Å². The molecule has 6 nitrogen and oxygen atoms in total. The first-order chi connectivity index (χ1) is 8.62. The standard InChI is InChI=1S/C12H22N4O2/c1-5-13-10-6-12(16(3)9(2)7-17)15-11(14-10)8-18-4/h6,9,17H,5,7-8H2,1-4H3,(H,13,14,15). The molecule has 0 aliphatic carbocycles. The smallest absolute Gasteiger partial charge is 0.158 e. The molecule has 1 unspecified atom stereocenters. The highest BCUT2D eigenvalue weighted by molar-refractivity contribution is 5.49. The number of ether oxygens (including phenoxy) is 1. The number of rotatable bonds is 7. The van der Waals surface area contributed by atoms with Gasteiger partial charge in [0.05, 0.1) is 12.6 Å². The van der Waals surface area contributed by atoms with Crippen LogP contribution >= 0.6 is 0 Å². The molecule has 18 heavy (non-hydrogen) atoms. The zero-order chi connectivity index (χ0) is 13.5. The average molecular weight is 254 g/mol. The summed E-state index contributed by atoms with van der Waals surface area (Å²) >= 11 is 0. The number of likely N-dealkylation sites (N-methyl/N-ethyl adjacent to an activating group) is 1. The molecule has 102 valence electrons. The van der Waals surface area contributed by atoms with E-state index in [4.69, 9.17) is 4.74 Å². The monoisotopic (exact) mass is 254 g/mol. The average Bonchev–Trinajstić information content (AvgIpc) is 2.37. The minimum Gasteiger partial charge on any atom is -0.394 e. The molecular weight excluding hydrogens is 232 g/mol. The maximum Gasteiger partial charge on any atom is 0.158 e. The summed E-state index contributed by atoms with van der Waals surface area (Å²) in [5.41, 5.74) is 0. The fraction of sp³-hybridized carbons (Fsp3) is 0.667. The minimum absolute atomic E-state index is 0.00442. The second kappa shape index (κ2) is 7.13. The molecule has 0 spiro atoms. The molecule has 0 amide bonds. The van der Waals surface area contributed by atoms with Crippen molar-refractivity contribution in [3.8, 4) is 0 Å². The number of aromatic nitrogens is 2. The number of hydrogen-bond acceptors (Lipinski definition) is 6. The van der Waals surface area contributed by atoms with Gasteiger partial charge in [0.15, 0.2) is 5.82 Å². The lowest BCUT2D eigenvalue weighted by atomic mass is 10.3. The zero-order valence-electron chi connectivity index (χ0n) is 11.5. The van der Waals surface area contributed by atoms with Gasteiger partial charge in [0.25, 0.3) is 0 Å². The summed E-state index contributed by atoms with van der Waals surface area (Å²) in [5.74, 6) is 2.17. The van der Waals surface area contributed by atoms with Crippen LogP contribution in [0.15, 0.2) is 6.07 Å². The van der Waals surface area contributed by atoms with Gasteiger partial charge in [-0.3, -0.25) is 0 Å². The Bertz CT molecular complexity index is 349. The van der Waals surface area contributed by atoms with E-state index in [0.717, 1.165) is 18.2 Å². The Balaban J connectivity index is 3.01. The van der Waals surface area contributed by atoms with Crippen LogP contribution in [0.25, 0.3) is 0 Å². The van der Waals surface area contributed by atoms with E-state index in [0.29, 0.717) is 12.4 Å². The first-order valence-corrected chi connectivity index (χ1v) is 6.06. The van der Waals surface area contributed by atoms with E-state index >= 15 is 0 Å². The normalized spacial score (nSPS) is 12.3. The Morgan fingerprint density at radius 3 is 2.78 bits per heavy atom. The lowest BCUT2D eigenvalue weighted by molar-refractivity contribution is 0.178. The van der Waals surface area contributed by atoms with Gasteiger partial charge in [-0.1, -0.05) is 0 Å². The maximum atomic E-state index is 9.19. The summed E-state index contributed by atoms with van der Waals surface area (Å²) in [5, 5.41) is 12.3. The number of methoxy groups -OCH3 is 1. The van der Waals surface area contributed by atoms with Crippen molar-refractivity contribution in [2.45, 2.75) is 26.5 Å². The van der Waals surface area contributed by atoms with Crippen LogP contribution in [0.4, 0.5) is 11.6 Å². The van der Waals surface area contributed by atoms with Crippen LogP contribution in [-0.4, -0.2) is 48.4 Å². The van der Waals surface area contributed by atoms with Crippen LogP contribution in [-0.2, 0) is 11.3 Å². The summed E-state index contributed by atoms with van der Waals surface area (Å²) in [7, 11) is 3.51. The molecule has 0 radical (unpaired) electrons. The van der Waals surface area contributed by atoms with Gasteiger partial charge < -0.3 is 20.1 Å². The van der Waals surface area contributed by atoms with Gasteiger partial charge in [0.2, 0.25) is 0 Å². The van der Waals surface area contributed by atoms with E-state index in [9.17, 15) is 5.11 Å². The number of hydrogen-bond donors (Lipinski definition) is 2. The molecular formula is C12H22N4O2. The van der Waals surface area contributed by atoms with Crippen molar-refractivity contribution < 1.29 is 9.84 Å². The summed E-state index contributed by atoms with van der Waals surface area (Å²) in [4.78, 5) is 10.7. The third-order valence-corrected chi connectivity index (χ3v) is 2.68. The predicted molar refractivity (Wildman–Crippen MR) is 71.9 cm³/mol. The molecule has 1 heterocycles. The van der Waals surface area contributed by atoms with Crippen molar-refractivity contribution in [1.82, 2.24) is 9.97 Å². The molecule has 0 saturated carbocycles. The predicted octanol–water partition coefficient (Wildman–Crippen LogP) is 0.872. The van der Waals surface area contributed by atoms with E-state index < -0.39 is 0 Å². The molecule has 0 aliphatic heterocycles. The largest absolute Gasteiger partial charge is 0.394 e. The Morgan fingerprint density at radius 2 is 2.22 bits per heavy atom. The number of aliphatic hydroxyl groups is 1. The highest BCUT2D eigenvalue weighted by Crippen LogP contribution is 2.17. The van der Waals surface area contributed by atoms with Gasteiger partial charge in [-0.2, -0.15) is 0 Å². The Labute approximate surface area is 108 Å². The lowest BCUT2D eigenvalue weighted by Gasteiger charge is -2.25. The molecule has 6 heteroatoms. The third kappa shape index (κ3) is 3.82. The Morgan fingerprint density at radius 1 is 1.50 bits per heavy atom. The first kappa shape index (κ1) is 14.7. The Hall–Kier alpha value is -1.40. The van der Waals surface area contributed by atoms with Crippen LogP contribution < -0.4 is 10.2 Å². The van der Waals surface area contributed by atoms with E-state index in [1.165, 1.54) is 0 Å². The molecule has 1 rings (SSSR count). The van der Waals surface area contributed by atoms with E-state index in [2.05, 4.69) is 15.3 Å². The molecule has 0 aliphatic rings. The van der Waals surface area contributed by atoms with Gasteiger partial charge in [-0.25, -0.2) is 9.97 Å². The van der Waals surface area contributed by atoms with E-state index in [-0.39, 0.29) is 12.6 Å². The zero-order valence-corrected chi connectivity index (χ0v) is 11.5. The van der Waals surface area contributed by atoms with Gasteiger partial charge in [0, 0.05) is 26.8 Å². The second-order valence-electron chi connectivity index (χ2n) is 4.13. The number of nitrogens with zero attached hydrogens (tertiary/aromatic N) is 3. The SMILES string of the molecule is CCNc1cc(N(C)C(C)CO)nc(COC)n1. The van der Waals surface area contributed by atoms with Crippen LogP contribution in [0.5, 0.6) is 0 Å². The van der Waals surface area contributed by atoms with Crippen molar-refractivity contribution >= 4 is 11.6 Å². The van der Waals surface area contributed by atoms with Gasteiger partial charge in [-0.05, 0) is 13.8 Å². The first-order valence-electron chi connectivity index (χ1n) is 6.06. The van der Waals surface area contributed by atoms with Crippen LogP contribution in [0.3, 0.4) is 0 Å². The van der Waals surface area contributed by atoms with Gasteiger partial charge >= 0.3 is 0 Å². The number of aliphatic hydroxyl groups excluding tert-OH is 1. The molecule has 2 N–H and O–H groups in total. The maximum absolute atomic E-state index is 9.19. The van der Waals surface area contributed by atoms with E-state index in [1.807, 2.05) is 31.9 Å². The lowest BCUT2D eigenvalue weighted by Crippen LogP contribution is -2.32. The number of anilines is 2. The third-order valence-electron chi connectivity index (χ3n) is 2.68. The summed E-state index contributed by atoms with van der Waals surface area (Å²) < 4.78 is 5.06. The van der Waals surface area contributed by atoms with Gasteiger partial charge in [-0.15, -0.1) is 0 Å². The second-order valence-corrected chi connectivity index (χ2v) is 4.13. The van der Waals surface area contributed by atoms with Crippen molar-refractivity contribution in [3.63, 3.8) is 0 Å². The van der Waals surface area contributed by atoms with Gasteiger partial charge in [0.1, 0.15) is 18.2 Å². The van der Waals surface area contributed by atoms with Crippen LogP contribution in [0, 0.1) is 0 Å². The molecule has 0 saturated heterocycles. The summed E-state index contributed by atoms with van der Waals surface area (Å²) in [6.07, 6.45) is 0. The molecule has 0 fully saturated rings. The van der Waals surface area contributed by atoms with Crippen molar-refractivity contribution in [2.75, 3.05) is 37.5 Å². The highest BCUT2D eigenvalue weighted by Gasteiger charge is 2.13. The van der Waals surface area contributed by atoms with Crippen molar-refractivity contribution in [2.24, 2.45) is 0 Å². The molecule has 0 aromatic carbocycles. The fourth-order valence-corrected chi connectivity index (χ4v) is 1.48. The van der Waals surface area contributed by atoms with Crippen molar-refractivity contribution in [3.05, 3.63) is 11.9 Å². The minimum atomic E-state index is 0.00442. The molecule has 1 aromatic heterocycles. The molecule has 0 bridgehead atoms. The summed E-state index contributed by atoms with van der Waals surface area (Å²) in [6, 6.07) is 1.87. The molecule has 1 atom stereocenters. The topological polar surface area (TPSA) is 70.5 Å². The Kier molecular flexibility index (Phi) is 5.80. The summed E-state index contributed by atoms with van der Waals surface area (Å²) in [6.45, 7) is 5.19. The van der Waals surface area contributed by atoms with Crippen molar-refractivity contribution in [1.29, 1.82) is 0 Å². The highest BCUT2D eigenvalue weighted by atomic mass is 16.5. The number of nitrogens with one attached hydrogen (secondary N) is 1. The quantitative estimate of drug-likeness (QED) is 0.752. The fourth-order valence-electron chi connectivity index (χ4n) is 1.48. The van der Waals surface area contributed by atoms with Crippen LogP contribution in [0.1, 0.15) is 19.7 Å². The molecule has 1 aromatic rings.